The number of hydrogen-bond acceptors (Lipinski definition) is 3. The zero-order valence-electron chi connectivity index (χ0n) is 10.8. The normalized spacial score (nSPS) is 10.2. The first kappa shape index (κ1) is 14.6. The number of nitrogen functional groups attached to an aromatic ring is 1. The molecule has 0 radical (unpaired) electrons. The standard InChI is InChI=1S/C15H15IN2O2/c16-20-13-5-6-14(10-2-1-3-12(17)8-10)11(9-13)4-7-15(18)19/h1-3,5-6,8-9H,4,7,17H2,(H2,18,19). The molecule has 0 unspecified atom stereocenters. The Hall–Kier alpha value is -1.76. The third-order valence-corrected chi connectivity index (χ3v) is 3.51. The van der Waals surface area contributed by atoms with Crippen LogP contribution in [0.5, 0.6) is 5.75 Å². The monoisotopic (exact) mass is 382 g/mol. The van der Waals surface area contributed by atoms with Crippen molar-refractivity contribution in [3.63, 3.8) is 0 Å². The van der Waals surface area contributed by atoms with Crippen molar-refractivity contribution < 1.29 is 7.86 Å². The van der Waals surface area contributed by atoms with Crippen molar-refractivity contribution in [1.29, 1.82) is 0 Å². The van der Waals surface area contributed by atoms with E-state index < -0.39 is 0 Å². The second-order valence-electron chi connectivity index (χ2n) is 4.49. The van der Waals surface area contributed by atoms with Gasteiger partial charge in [0.2, 0.25) is 5.91 Å². The van der Waals surface area contributed by atoms with E-state index in [1.807, 2.05) is 65.5 Å². The van der Waals surface area contributed by atoms with Gasteiger partial charge in [0.25, 0.3) is 0 Å². The van der Waals surface area contributed by atoms with Gasteiger partial charge < -0.3 is 14.5 Å². The largest absolute Gasteiger partial charge is 0.428 e. The maximum absolute atomic E-state index is 11.0. The zero-order valence-corrected chi connectivity index (χ0v) is 13.0. The summed E-state index contributed by atoms with van der Waals surface area (Å²) in [5.74, 6) is 0.432. The molecule has 0 fully saturated rings. The number of anilines is 1. The van der Waals surface area contributed by atoms with E-state index in [9.17, 15) is 4.79 Å². The SMILES string of the molecule is NC(=O)CCc1cc(OI)ccc1-c1cccc(N)c1. The third-order valence-electron chi connectivity index (χ3n) is 3.00. The van der Waals surface area contributed by atoms with Crippen molar-refractivity contribution in [3.05, 3.63) is 48.0 Å². The van der Waals surface area contributed by atoms with Crippen molar-refractivity contribution in [2.24, 2.45) is 5.73 Å². The smallest absolute Gasteiger partial charge is 0.217 e. The van der Waals surface area contributed by atoms with Crippen LogP contribution in [0.25, 0.3) is 11.1 Å². The highest BCUT2D eigenvalue weighted by atomic mass is 127. The Morgan fingerprint density at radius 3 is 2.65 bits per heavy atom. The van der Waals surface area contributed by atoms with Gasteiger partial charge in [0, 0.05) is 12.1 Å². The minimum atomic E-state index is -0.315. The van der Waals surface area contributed by atoms with Crippen molar-refractivity contribution in [2.75, 3.05) is 5.73 Å². The molecule has 1 amide bonds. The molecule has 2 aromatic rings. The molecule has 20 heavy (non-hydrogen) atoms. The van der Waals surface area contributed by atoms with E-state index in [1.54, 1.807) is 0 Å². The molecule has 0 aliphatic carbocycles. The lowest BCUT2D eigenvalue weighted by Crippen LogP contribution is -2.11. The number of rotatable bonds is 5. The van der Waals surface area contributed by atoms with Gasteiger partial charge in [0.1, 0.15) is 5.75 Å². The summed E-state index contributed by atoms with van der Waals surface area (Å²) in [7, 11) is 0. The van der Waals surface area contributed by atoms with Crippen LogP contribution in [0.2, 0.25) is 0 Å². The molecule has 0 saturated heterocycles. The molecule has 0 atom stereocenters. The van der Waals surface area contributed by atoms with Crippen LogP contribution in [0.15, 0.2) is 42.5 Å². The molecule has 0 aliphatic heterocycles. The lowest BCUT2D eigenvalue weighted by atomic mass is 9.96. The summed E-state index contributed by atoms with van der Waals surface area (Å²) in [6, 6.07) is 13.4. The van der Waals surface area contributed by atoms with Crippen LogP contribution in [0.1, 0.15) is 12.0 Å². The fraction of sp³-hybridized carbons (Fsp3) is 0.133. The van der Waals surface area contributed by atoms with E-state index in [0.29, 0.717) is 18.5 Å². The maximum atomic E-state index is 11.0. The summed E-state index contributed by atoms with van der Waals surface area (Å²) >= 11 is 1.83. The lowest BCUT2D eigenvalue weighted by Gasteiger charge is -2.11. The van der Waals surface area contributed by atoms with Crippen molar-refractivity contribution in [1.82, 2.24) is 0 Å². The predicted octanol–water partition coefficient (Wildman–Crippen LogP) is 3.08. The number of benzene rings is 2. The van der Waals surface area contributed by atoms with Crippen molar-refractivity contribution in [2.45, 2.75) is 12.8 Å². The minimum absolute atomic E-state index is 0.306. The Balaban J connectivity index is 2.42. The Bertz CT molecular complexity index is 629. The van der Waals surface area contributed by atoms with Crippen LogP contribution in [0, 0.1) is 0 Å². The van der Waals surface area contributed by atoms with E-state index in [-0.39, 0.29) is 5.91 Å². The second kappa shape index (κ2) is 6.60. The number of nitrogens with two attached hydrogens (primary N) is 2. The molecule has 2 rings (SSSR count). The molecule has 0 saturated carbocycles. The Kier molecular flexibility index (Phi) is 4.84. The molecular weight excluding hydrogens is 367 g/mol. The average molecular weight is 382 g/mol. The number of hydrogen-bond donors (Lipinski definition) is 2. The van der Waals surface area contributed by atoms with E-state index in [4.69, 9.17) is 14.5 Å². The molecule has 104 valence electrons. The van der Waals surface area contributed by atoms with Crippen molar-refractivity contribution in [3.8, 4) is 16.9 Å². The molecule has 0 bridgehead atoms. The number of primary amides is 1. The number of aryl methyl sites for hydroxylation is 1. The number of carbonyl (C=O) groups is 1. The molecule has 4 N–H and O–H groups in total. The number of amides is 1. The molecular formula is C15H15IN2O2. The Labute approximate surface area is 131 Å². The summed E-state index contributed by atoms with van der Waals surface area (Å²) in [4.78, 5) is 11.0. The van der Waals surface area contributed by atoms with Gasteiger partial charge >= 0.3 is 0 Å². The molecule has 4 nitrogen and oxygen atoms in total. The van der Waals surface area contributed by atoms with Gasteiger partial charge in [-0.3, -0.25) is 4.79 Å². The number of halogens is 1. The van der Waals surface area contributed by atoms with E-state index in [1.165, 1.54) is 0 Å². The highest BCUT2D eigenvalue weighted by Crippen LogP contribution is 2.30. The summed E-state index contributed by atoms with van der Waals surface area (Å²) in [6.07, 6.45) is 0.882. The Morgan fingerprint density at radius 1 is 1.20 bits per heavy atom. The summed E-state index contributed by atoms with van der Waals surface area (Å²) in [5.41, 5.74) is 14.8. The summed E-state index contributed by atoms with van der Waals surface area (Å²) in [5, 5.41) is 0. The average Bonchev–Trinajstić information content (AvgIpc) is 2.44. The fourth-order valence-corrected chi connectivity index (χ4v) is 2.34. The fourth-order valence-electron chi connectivity index (χ4n) is 2.07. The molecule has 0 aliphatic rings. The summed E-state index contributed by atoms with van der Waals surface area (Å²) < 4.78 is 5.21. The highest BCUT2D eigenvalue weighted by Gasteiger charge is 2.09. The van der Waals surface area contributed by atoms with Gasteiger partial charge in [-0.05, 0) is 47.4 Å². The van der Waals surface area contributed by atoms with E-state index >= 15 is 0 Å². The first-order valence-corrected chi connectivity index (χ1v) is 7.04. The van der Waals surface area contributed by atoms with Gasteiger partial charge in [-0.15, -0.1) is 0 Å². The molecule has 2 aromatic carbocycles. The predicted molar refractivity (Wildman–Crippen MR) is 88.5 cm³/mol. The van der Waals surface area contributed by atoms with E-state index in [2.05, 4.69) is 0 Å². The molecule has 0 spiro atoms. The van der Waals surface area contributed by atoms with Crippen LogP contribution in [0.4, 0.5) is 5.69 Å². The van der Waals surface area contributed by atoms with Gasteiger partial charge in [-0.1, -0.05) is 18.2 Å². The topological polar surface area (TPSA) is 78.3 Å². The van der Waals surface area contributed by atoms with Crippen LogP contribution >= 0.6 is 23.0 Å². The maximum Gasteiger partial charge on any atom is 0.217 e. The zero-order chi connectivity index (χ0) is 14.5. The number of carbonyl (C=O) groups excluding carboxylic acids is 1. The van der Waals surface area contributed by atoms with Crippen LogP contribution in [0.3, 0.4) is 0 Å². The lowest BCUT2D eigenvalue weighted by molar-refractivity contribution is -0.117. The quantitative estimate of drug-likeness (QED) is 0.616. The summed E-state index contributed by atoms with van der Waals surface area (Å²) in [6.45, 7) is 0. The third kappa shape index (κ3) is 3.63. The molecule has 0 heterocycles. The highest BCUT2D eigenvalue weighted by molar-refractivity contribution is 14.1. The van der Waals surface area contributed by atoms with Crippen LogP contribution in [-0.4, -0.2) is 5.91 Å². The van der Waals surface area contributed by atoms with Crippen molar-refractivity contribution >= 4 is 34.6 Å². The minimum Gasteiger partial charge on any atom is -0.428 e. The van der Waals surface area contributed by atoms with Gasteiger partial charge in [0.15, 0.2) is 23.0 Å². The van der Waals surface area contributed by atoms with Crippen LogP contribution < -0.4 is 14.5 Å². The molecule has 0 aromatic heterocycles. The van der Waals surface area contributed by atoms with Gasteiger partial charge in [-0.25, -0.2) is 0 Å². The van der Waals surface area contributed by atoms with Crippen LogP contribution in [-0.2, 0) is 11.2 Å². The van der Waals surface area contributed by atoms with Gasteiger partial charge in [0.05, 0.1) is 0 Å². The van der Waals surface area contributed by atoms with Gasteiger partial charge in [-0.2, -0.15) is 0 Å². The molecule has 5 heteroatoms. The first-order chi connectivity index (χ1) is 9.60. The second-order valence-corrected chi connectivity index (χ2v) is 4.93. The first-order valence-electron chi connectivity index (χ1n) is 6.16. The van der Waals surface area contributed by atoms with E-state index in [0.717, 1.165) is 22.4 Å². The Morgan fingerprint density at radius 2 is 2.00 bits per heavy atom.